The van der Waals surface area contributed by atoms with Crippen LogP contribution in [0.3, 0.4) is 0 Å². The summed E-state index contributed by atoms with van der Waals surface area (Å²) in [5.41, 5.74) is 0.619. The minimum Gasteiger partial charge on any atom is -0.459 e. The summed E-state index contributed by atoms with van der Waals surface area (Å²) in [5.74, 6) is -1.66. The molecule has 1 heterocycles. The molecule has 0 aliphatic rings. The van der Waals surface area contributed by atoms with Gasteiger partial charge in [0.2, 0.25) is 0 Å². The average molecular weight is 410 g/mol. The Morgan fingerprint density at radius 1 is 0.931 bits per heavy atom. The highest BCUT2D eigenvalue weighted by Crippen LogP contribution is 2.33. The number of nitrogens with one attached hydrogen (secondary N) is 2. The Balaban J connectivity index is 1.47. The molecule has 148 valence electrons. The molecule has 7 nitrogen and oxygen atoms in total. The molecule has 1 aromatic heterocycles. The highest BCUT2D eigenvalue weighted by molar-refractivity contribution is 7.99. The monoisotopic (exact) mass is 410 g/mol. The first-order chi connectivity index (χ1) is 14.1. The van der Waals surface area contributed by atoms with Gasteiger partial charge in [-0.3, -0.25) is 14.4 Å². The van der Waals surface area contributed by atoms with Gasteiger partial charge in [0.25, 0.3) is 11.8 Å². The van der Waals surface area contributed by atoms with E-state index >= 15 is 0 Å². The van der Waals surface area contributed by atoms with Crippen LogP contribution in [-0.4, -0.2) is 30.9 Å². The van der Waals surface area contributed by atoms with Crippen LogP contribution < -0.4 is 10.6 Å². The zero-order valence-electron chi connectivity index (χ0n) is 15.3. The molecule has 2 amide bonds. The number of carbonyl (C=O) groups excluding carboxylic acids is 3. The molecule has 29 heavy (non-hydrogen) atoms. The van der Waals surface area contributed by atoms with Gasteiger partial charge in [0, 0.05) is 9.79 Å². The second-order valence-electron chi connectivity index (χ2n) is 5.78. The van der Waals surface area contributed by atoms with Crippen molar-refractivity contribution in [2.75, 3.05) is 18.5 Å². The van der Waals surface area contributed by atoms with E-state index in [1.54, 1.807) is 18.2 Å². The van der Waals surface area contributed by atoms with E-state index in [2.05, 4.69) is 10.6 Å². The largest absolute Gasteiger partial charge is 0.459 e. The van der Waals surface area contributed by atoms with Crippen LogP contribution >= 0.6 is 11.8 Å². The zero-order chi connectivity index (χ0) is 20.5. The summed E-state index contributed by atoms with van der Waals surface area (Å²) in [7, 11) is 0. The quantitative estimate of drug-likeness (QED) is 0.553. The van der Waals surface area contributed by atoms with Gasteiger partial charge >= 0.3 is 5.97 Å². The van der Waals surface area contributed by atoms with Crippen molar-refractivity contribution in [3.63, 3.8) is 0 Å². The molecule has 0 aliphatic carbocycles. The van der Waals surface area contributed by atoms with Crippen molar-refractivity contribution in [1.29, 1.82) is 0 Å². The number of amides is 2. The highest BCUT2D eigenvalue weighted by Gasteiger charge is 2.13. The molecule has 3 aromatic rings. The predicted octanol–water partition coefficient (Wildman–Crippen LogP) is 3.34. The van der Waals surface area contributed by atoms with Gasteiger partial charge in [0.15, 0.2) is 12.4 Å². The summed E-state index contributed by atoms with van der Waals surface area (Å²) >= 11 is 1.51. The van der Waals surface area contributed by atoms with E-state index in [0.29, 0.717) is 5.69 Å². The molecule has 0 saturated carbocycles. The molecule has 0 fully saturated rings. The van der Waals surface area contributed by atoms with Gasteiger partial charge in [-0.25, -0.2) is 0 Å². The Kier molecular flexibility index (Phi) is 7.07. The van der Waals surface area contributed by atoms with E-state index in [1.165, 1.54) is 24.1 Å². The number of para-hydroxylation sites is 1. The first kappa shape index (κ1) is 20.2. The fourth-order valence-corrected chi connectivity index (χ4v) is 3.23. The Morgan fingerprint density at radius 2 is 1.69 bits per heavy atom. The average Bonchev–Trinajstić information content (AvgIpc) is 3.28. The highest BCUT2D eigenvalue weighted by atomic mass is 32.2. The van der Waals surface area contributed by atoms with Crippen molar-refractivity contribution in [1.82, 2.24) is 5.32 Å². The van der Waals surface area contributed by atoms with E-state index in [4.69, 9.17) is 9.15 Å². The third-order valence-electron chi connectivity index (χ3n) is 3.63. The van der Waals surface area contributed by atoms with Crippen LogP contribution in [0.4, 0.5) is 5.69 Å². The number of anilines is 1. The molecule has 8 heteroatoms. The van der Waals surface area contributed by atoms with Gasteiger partial charge in [0.05, 0.1) is 12.0 Å². The number of esters is 1. The maximum absolute atomic E-state index is 12.1. The second kappa shape index (κ2) is 10.1. The molecule has 0 atom stereocenters. The summed E-state index contributed by atoms with van der Waals surface area (Å²) in [6.07, 6.45) is 1.35. The van der Waals surface area contributed by atoms with Crippen molar-refractivity contribution in [3.05, 3.63) is 78.8 Å². The number of hydrogen-bond acceptors (Lipinski definition) is 6. The van der Waals surface area contributed by atoms with Gasteiger partial charge in [0.1, 0.15) is 6.54 Å². The second-order valence-corrected chi connectivity index (χ2v) is 6.90. The number of ether oxygens (including phenoxy) is 1. The molecule has 0 saturated heterocycles. The van der Waals surface area contributed by atoms with Crippen LogP contribution in [0.1, 0.15) is 10.6 Å². The van der Waals surface area contributed by atoms with Gasteiger partial charge in [-0.15, -0.1) is 0 Å². The number of furan rings is 1. The summed E-state index contributed by atoms with van der Waals surface area (Å²) in [6.45, 7) is -0.826. The zero-order valence-corrected chi connectivity index (χ0v) is 16.1. The summed E-state index contributed by atoms with van der Waals surface area (Å²) < 4.78 is 9.81. The van der Waals surface area contributed by atoms with E-state index in [0.717, 1.165) is 9.79 Å². The Hall–Kier alpha value is -3.52. The van der Waals surface area contributed by atoms with Crippen LogP contribution in [0.25, 0.3) is 0 Å². The molecular weight excluding hydrogens is 392 g/mol. The van der Waals surface area contributed by atoms with E-state index in [9.17, 15) is 14.4 Å². The molecule has 2 aromatic carbocycles. The minimum atomic E-state index is -0.730. The fraction of sp³-hybridized carbons (Fsp3) is 0.0952. The lowest BCUT2D eigenvalue weighted by Crippen LogP contribution is -2.32. The number of rotatable bonds is 8. The summed E-state index contributed by atoms with van der Waals surface area (Å²) in [5, 5.41) is 5.09. The molecule has 0 bridgehead atoms. The van der Waals surface area contributed by atoms with Crippen LogP contribution in [0.2, 0.25) is 0 Å². The first-order valence-corrected chi connectivity index (χ1v) is 9.52. The smallest absolute Gasteiger partial charge is 0.325 e. The third-order valence-corrected chi connectivity index (χ3v) is 4.72. The van der Waals surface area contributed by atoms with Gasteiger partial charge < -0.3 is 19.8 Å². The van der Waals surface area contributed by atoms with Gasteiger partial charge in [-0.2, -0.15) is 0 Å². The van der Waals surface area contributed by atoms with Crippen molar-refractivity contribution in [2.24, 2.45) is 0 Å². The SMILES string of the molecule is O=C(COC(=O)CNC(=O)c1ccco1)Nc1ccccc1Sc1ccccc1. The molecule has 0 unspecified atom stereocenters. The van der Waals surface area contributed by atoms with Crippen molar-refractivity contribution in [3.8, 4) is 0 Å². The summed E-state index contributed by atoms with van der Waals surface area (Å²) in [6, 6.07) is 20.1. The molecule has 0 aliphatic heterocycles. The maximum Gasteiger partial charge on any atom is 0.325 e. The van der Waals surface area contributed by atoms with Crippen molar-refractivity contribution >= 4 is 35.2 Å². The number of carbonyl (C=O) groups is 3. The van der Waals surface area contributed by atoms with E-state index < -0.39 is 24.4 Å². The molecule has 0 radical (unpaired) electrons. The van der Waals surface area contributed by atoms with E-state index in [-0.39, 0.29) is 12.3 Å². The van der Waals surface area contributed by atoms with Crippen LogP contribution in [-0.2, 0) is 14.3 Å². The topological polar surface area (TPSA) is 97.6 Å². The van der Waals surface area contributed by atoms with Gasteiger partial charge in [-0.1, -0.05) is 42.1 Å². The first-order valence-electron chi connectivity index (χ1n) is 8.71. The lowest BCUT2D eigenvalue weighted by atomic mass is 10.3. The minimum absolute atomic E-state index is 0.0862. The number of hydrogen-bond donors (Lipinski definition) is 2. The Bertz CT molecular complexity index is 974. The van der Waals surface area contributed by atoms with Crippen LogP contribution in [0.15, 0.2) is 87.2 Å². The van der Waals surface area contributed by atoms with E-state index in [1.807, 2.05) is 42.5 Å². The number of benzene rings is 2. The Labute approximate surface area is 171 Å². The van der Waals surface area contributed by atoms with Crippen LogP contribution in [0.5, 0.6) is 0 Å². The van der Waals surface area contributed by atoms with Crippen molar-refractivity contribution in [2.45, 2.75) is 9.79 Å². The third kappa shape index (κ3) is 6.25. The standard InChI is InChI=1S/C21H18N2O5S/c24-19(14-28-20(25)13-22-21(26)17-10-6-12-27-17)23-16-9-4-5-11-18(16)29-15-7-2-1-3-8-15/h1-12H,13-14H2,(H,22,26)(H,23,24). The maximum atomic E-state index is 12.1. The lowest BCUT2D eigenvalue weighted by molar-refractivity contribution is -0.146. The van der Waals surface area contributed by atoms with Gasteiger partial charge in [-0.05, 0) is 36.4 Å². The molecular formula is C21H18N2O5S. The lowest BCUT2D eigenvalue weighted by Gasteiger charge is -2.11. The predicted molar refractivity (Wildman–Crippen MR) is 108 cm³/mol. The Morgan fingerprint density at radius 3 is 2.45 bits per heavy atom. The van der Waals surface area contributed by atoms with Crippen molar-refractivity contribution < 1.29 is 23.5 Å². The summed E-state index contributed by atoms with van der Waals surface area (Å²) in [4.78, 5) is 37.5. The molecule has 3 rings (SSSR count). The molecule has 0 spiro atoms. The molecule has 2 N–H and O–H groups in total. The normalized spacial score (nSPS) is 10.2. The fourth-order valence-electron chi connectivity index (χ4n) is 2.31. The van der Waals surface area contributed by atoms with Crippen LogP contribution in [0, 0.1) is 0 Å².